The third kappa shape index (κ3) is 10.9. The van der Waals surface area contributed by atoms with E-state index in [1.165, 1.54) is 0 Å². The van der Waals surface area contributed by atoms with Crippen LogP contribution < -0.4 is 5.32 Å². The lowest BCUT2D eigenvalue weighted by Crippen LogP contribution is -2.33. The first-order valence-electron chi connectivity index (χ1n) is 5.91. The fourth-order valence-electron chi connectivity index (χ4n) is 1.16. The number of ether oxygens (including phenoxy) is 1. The van der Waals surface area contributed by atoms with Crippen molar-refractivity contribution in [3.63, 3.8) is 0 Å². The summed E-state index contributed by atoms with van der Waals surface area (Å²) in [5, 5.41) is 10.9. The molecule has 2 N–H and O–H groups in total. The van der Waals surface area contributed by atoms with Gasteiger partial charge in [0.2, 0.25) is 0 Å². The van der Waals surface area contributed by atoms with E-state index in [1.54, 1.807) is 20.8 Å². The van der Waals surface area contributed by atoms with Gasteiger partial charge in [0.15, 0.2) is 0 Å². The minimum Gasteiger partial charge on any atom is -0.481 e. The number of Topliss-reactive ketones (excluding diaryl/α,β-unsaturated/α-hetero) is 1. The molecular weight excluding hydrogens is 238 g/mol. The van der Waals surface area contributed by atoms with Gasteiger partial charge in [0.1, 0.15) is 11.4 Å². The van der Waals surface area contributed by atoms with Crippen molar-refractivity contribution < 1.29 is 24.2 Å². The van der Waals surface area contributed by atoms with E-state index in [2.05, 4.69) is 5.32 Å². The molecule has 6 heteroatoms. The number of rotatable bonds is 7. The second-order valence-electron chi connectivity index (χ2n) is 4.96. The van der Waals surface area contributed by atoms with Crippen LogP contribution in [0.2, 0.25) is 0 Å². The highest BCUT2D eigenvalue weighted by molar-refractivity contribution is 5.82. The third-order valence-electron chi connectivity index (χ3n) is 1.92. The van der Waals surface area contributed by atoms with Gasteiger partial charge in [-0.1, -0.05) is 0 Å². The summed E-state index contributed by atoms with van der Waals surface area (Å²) in [7, 11) is 0. The molecule has 0 aliphatic carbocycles. The van der Waals surface area contributed by atoms with Crippen LogP contribution in [-0.4, -0.2) is 35.1 Å². The maximum atomic E-state index is 11.2. The van der Waals surface area contributed by atoms with Crippen molar-refractivity contribution in [2.45, 2.75) is 52.1 Å². The monoisotopic (exact) mass is 259 g/mol. The predicted octanol–water partition coefficient (Wildman–Crippen LogP) is 1.73. The summed E-state index contributed by atoms with van der Waals surface area (Å²) in [6.45, 7) is 5.64. The Balaban J connectivity index is 3.59. The van der Waals surface area contributed by atoms with E-state index in [1.807, 2.05) is 0 Å². The standard InChI is InChI=1S/C12H21NO5/c1-12(2,3)18-11(17)13-8-4-5-9(14)6-7-10(15)16/h4-8H2,1-3H3,(H,13,17)(H,15,16). The van der Waals surface area contributed by atoms with Gasteiger partial charge in [0.25, 0.3) is 0 Å². The Morgan fingerprint density at radius 2 is 1.72 bits per heavy atom. The van der Waals surface area contributed by atoms with E-state index in [4.69, 9.17) is 9.84 Å². The van der Waals surface area contributed by atoms with Crippen LogP contribution >= 0.6 is 0 Å². The Kier molecular flexibility index (Phi) is 7.00. The van der Waals surface area contributed by atoms with Gasteiger partial charge in [0.05, 0.1) is 6.42 Å². The molecular formula is C12H21NO5. The normalized spacial score (nSPS) is 10.8. The summed E-state index contributed by atoms with van der Waals surface area (Å²) in [4.78, 5) is 32.7. The average Bonchev–Trinajstić information content (AvgIpc) is 2.19. The van der Waals surface area contributed by atoms with E-state index in [9.17, 15) is 14.4 Å². The fraction of sp³-hybridized carbons (Fsp3) is 0.750. The molecule has 104 valence electrons. The molecule has 0 heterocycles. The lowest BCUT2D eigenvalue weighted by molar-refractivity contribution is -0.138. The molecule has 0 fully saturated rings. The van der Waals surface area contributed by atoms with E-state index >= 15 is 0 Å². The van der Waals surface area contributed by atoms with Crippen LogP contribution in [0.4, 0.5) is 4.79 Å². The third-order valence-corrected chi connectivity index (χ3v) is 1.92. The van der Waals surface area contributed by atoms with Gasteiger partial charge in [-0.25, -0.2) is 4.79 Å². The number of amides is 1. The maximum Gasteiger partial charge on any atom is 0.407 e. The smallest absolute Gasteiger partial charge is 0.407 e. The van der Waals surface area contributed by atoms with Crippen molar-refractivity contribution in [2.24, 2.45) is 0 Å². The number of ketones is 1. The van der Waals surface area contributed by atoms with Crippen molar-refractivity contribution in [2.75, 3.05) is 6.54 Å². The summed E-state index contributed by atoms with van der Waals surface area (Å²) < 4.78 is 5.01. The predicted molar refractivity (Wildman–Crippen MR) is 65.3 cm³/mol. The first kappa shape index (κ1) is 16.4. The zero-order valence-corrected chi connectivity index (χ0v) is 11.1. The van der Waals surface area contributed by atoms with E-state index < -0.39 is 17.7 Å². The quantitative estimate of drug-likeness (QED) is 0.679. The molecule has 0 rings (SSSR count). The highest BCUT2D eigenvalue weighted by atomic mass is 16.6. The molecule has 0 saturated carbocycles. The van der Waals surface area contributed by atoms with Crippen LogP contribution in [0.15, 0.2) is 0 Å². The Hall–Kier alpha value is -1.59. The Bertz CT molecular complexity index is 306. The first-order valence-corrected chi connectivity index (χ1v) is 5.91. The molecule has 0 bridgehead atoms. The summed E-state index contributed by atoms with van der Waals surface area (Å²) in [6, 6.07) is 0. The number of hydrogen-bond acceptors (Lipinski definition) is 4. The second-order valence-corrected chi connectivity index (χ2v) is 4.96. The number of carboxylic acid groups (broad SMARTS) is 1. The molecule has 0 saturated heterocycles. The number of carboxylic acids is 1. The summed E-state index contributed by atoms with van der Waals surface area (Å²) in [5.74, 6) is -1.08. The van der Waals surface area contributed by atoms with Crippen molar-refractivity contribution in [3.8, 4) is 0 Å². The van der Waals surface area contributed by atoms with Crippen molar-refractivity contribution in [1.29, 1.82) is 0 Å². The maximum absolute atomic E-state index is 11.2. The molecule has 18 heavy (non-hydrogen) atoms. The number of alkyl carbamates (subject to hydrolysis) is 1. The second kappa shape index (κ2) is 7.68. The fourth-order valence-corrected chi connectivity index (χ4v) is 1.16. The van der Waals surface area contributed by atoms with E-state index in [0.717, 1.165) is 0 Å². The highest BCUT2D eigenvalue weighted by Crippen LogP contribution is 2.06. The van der Waals surface area contributed by atoms with Gasteiger partial charge in [-0.05, 0) is 27.2 Å². The molecule has 0 aromatic carbocycles. The molecule has 0 radical (unpaired) electrons. The van der Waals surface area contributed by atoms with Gasteiger partial charge in [-0.2, -0.15) is 0 Å². The minimum absolute atomic E-state index is 0.0434. The van der Waals surface area contributed by atoms with Gasteiger partial charge in [-0.15, -0.1) is 0 Å². The van der Waals surface area contributed by atoms with Crippen LogP contribution in [0.5, 0.6) is 0 Å². The molecule has 1 amide bonds. The van der Waals surface area contributed by atoms with Gasteiger partial charge in [-0.3, -0.25) is 9.59 Å². The Morgan fingerprint density at radius 1 is 1.11 bits per heavy atom. The molecule has 0 spiro atoms. The summed E-state index contributed by atoms with van der Waals surface area (Å²) in [6.07, 6.45) is 0.140. The molecule has 6 nitrogen and oxygen atoms in total. The summed E-state index contributed by atoms with van der Waals surface area (Å²) >= 11 is 0. The van der Waals surface area contributed by atoms with Crippen LogP contribution in [0, 0.1) is 0 Å². The molecule has 0 aliphatic rings. The molecule has 0 aromatic rings. The highest BCUT2D eigenvalue weighted by Gasteiger charge is 2.15. The number of aliphatic carboxylic acids is 1. The topological polar surface area (TPSA) is 92.7 Å². The molecule has 0 atom stereocenters. The largest absolute Gasteiger partial charge is 0.481 e. The average molecular weight is 259 g/mol. The minimum atomic E-state index is -0.977. The molecule has 0 unspecified atom stereocenters. The number of carbonyl (C=O) groups is 3. The van der Waals surface area contributed by atoms with Gasteiger partial charge < -0.3 is 15.2 Å². The SMILES string of the molecule is CC(C)(C)OC(=O)NCCCC(=O)CCC(=O)O. The van der Waals surface area contributed by atoms with E-state index in [0.29, 0.717) is 13.0 Å². The van der Waals surface area contributed by atoms with Gasteiger partial charge >= 0.3 is 12.1 Å². The zero-order chi connectivity index (χ0) is 14.2. The number of hydrogen-bond donors (Lipinski definition) is 2. The number of carbonyl (C=O) groups excluding carboxylic acids is 2. The van der Waals surface area contributed by atoms with Crippen LogP contribution in [-0.2, 0) is 14.3 Å². The summed E-state index contributed by atoms with van der Waals surface area (Å²) in [5.41, 5.74) is -0.540. The lowest BCUT2D eigenvalue weighted by atomic mass is 10.1. The Morgan fingerprint density at radius 3 is 2.22 bits per heavy atom. The first-order chi connectivity index (χ1) is 8.20. The zero-order valence-electron chi connectivity index (χ0n) is 11.1. The number of nitrogens with one attached hydrogen (secondary N) is 1. The van der Waals surface area contributed by atoms with Crippen LogP contribution in [0.1, 0.15) is 46.5 Å². The van der Waals surface area contributed by atoms with Crippen molar-refractivity contribution >= 4 is 17.8 Å². The van der Waals surface area contributed by atoms with Crippen molar-refractivity contribution in [1.82, 2.24) is 5.32 Å². The van der Waals surface area contributed by atoms with Crippen LogP contribution in [0.25, 0.3) is 0 Å². The van der Waals surface area contributed by atoms with Crippen molar-refractivity contribution in [3.05, 3.63) is 0 Å². The van der Waals surface area contributed by atoms with Gasteiger partial charge in [0, 0.05) is 19.4 Å². The van der Waals surface area contributed by atoms with E-state index in [-0.39, 0.29) is 25.0 Å². The Labute approximate surface area is 107 Å². The molecule has 0 aliphatic heterocycles. The lowest BCUT2D eigenvalue weighted by Gasteiger charge is -2.19. The van der Waals surface area contributed by atoms with Crippen LogP contribution in [0.3, 0.4) is 0 Å². The molecule has 0 aromatic heterocycles.